The lowest BCUT2D eigenvalue weighted by Crippen LogP contribution is -2.50. The lowest BCUT2D eigenvalue weighted by molar-refractivity contribution is 0.207. The molecule has 4 rings (SSSR count). The van der Waals surface area contributed by atoms with Crippen LogP contribution in [0.15, 0.2) is 34.2 Å². The maximum Gasteiger partial charge on any atom is 0.324 e. The summed E-state index contributed by atoms with van der Waals surface area (Å²) in [6, 6.07) is 7.52. The van der Waals surface area contributed by atoms with Crippen molar-refractivity contribution in [3.63, 3.8) is 0 Å². The minimum atomic E-state index is -0.171. The third-order valence-electron chi connectivity index (χ3n) is 4.86. The quantitative estimate of drug-likeness (QED) is 0.682. The first-order valence-corrected chi connectivity index (χ1v) is 10.2. The number of anilines is 2. The number of nitrogens with one attached hydrogen (secondary N) is 1. The van der Waals surface area contributed by atoms with E-state index in [1.165, 1.54) is 0 Å². The number of aromatic nitrogens is 2. The van der Waals surface area contributed by atoms with Gasteiger partial charge in [-0.05, 0) is 19.9 Å². The van der Waals surface area contributed by atoms with Gasteiger partial charge in [0.2, 0.25) is 5.88 Å². The number of rotatable bonds is 3. The van der Waals surface area contributed by atoms with E-state index in [0.29, 0.717) is 24.0 Å². The van der Waals surface area contributed by atoms with Gasteiger partial charge in [-0.25, -0.2) is 9.78 Å². The van der Waals surface area contributed by atoms with Crippen molar-refractivity contribution in [3.8, 4) is 11.3 Å². The van der Waals surface area contributed by atoms with Crippen molar-refractivity contribution in [1.29, 1.82) is 0 Å². The maximum atomic E-state index is 12.5. The highest BCUT2D eigenvalue weighted by molar-refractivity contribution is 7.14. The minimum absolute atomic E-state index is 0.171. The van der Waals surface area contributed by atoms with E-state index >= 15 is 0 Å². The molecule has 0 spiro atoms. The number of carbonyl (C=O) groups is 1. The van der Waals surface area contributed by atoms with Crippen molar-refractivity contribution >= 4 is 40.0 Å². The van der Waals surface area contributed by atoms with E-state index in [1.54, 1.807) is 16.2 Å². The van der Waals surface area contributed by atoms with E-state index < -0.39 is 0 Å². The van der Waals surface area contributed by atoms with Crippen LogP contribution in [0.2, 0.25) is 5.02 Å². The molecule has 0 atom stereocenters. The predicted molar refractivity (Wildman–Crippen MR) is 111 cm³/mol. The topological polar surface area (TPSA) is 74.5 Å². The molecule has 0 bridgehead atoms. The highest BCUT2D eigenvalue weighted by Crippen LogP contribution is 2.32. The number of halogens is 1. The monoisotopic (exact) mass is 417 g/mol. The van der Waals surface area contributed by atoms with Gasteiger partial charge < -0.3 is 14.3 Å². The van der Waals surface area contributed by atoms with Crippen LogP contribution in [0.3, 0.4) is 0 Å². The first-order valence-electron chi connectivity index (χ1n) is 8.97. The summed E-state index contributed by atoms with van der Waals surface area (Å²) < 4.78 is 5.16. The van der Waals surface area contributed by atoms with Gasteiger partial charge in [0, 0.05) is 47.7 Å². The molecule has 2 aromatic heterocycles. The SMILES string of the molecule is Cc1noc(NC(=O)N2CCN(c3nc(-c4ccccc4Cl)cs3)CC2)c1C. The van der Waals surface area contributed by atoms with Gasteiger partial charge >= 0.3 is 6.03 Å². The third-order valence-corrected chi connectivity index (χ3v) is 6.09. The molecule has 1 N–H and O–H groups in total. The average Bonchev–Trinajstić information content (AvgIpc) is 3.31. The zero-order valence-corrected chi connectivity index (χ0v) is 17.2. The van der Waals surface area contributed by atoms with Gasteiger partial charge in [-0.3, -0.25) is 5.32 Å². The summed E-state index contributed by atoms with van der Waals surface area (Å²) in [6.45, 7) is 6.38. The summed E-state index contributed by atoms with van der Waals surface area (Å²) in [7, 11) is 0. The normalized spacial score (nSPS) is 14.4. The van der Waals surface area contributed by atoms with Gasteiger partial charge in [-0.2, -0.15) is 0 Å². The molecule has 7 nitrogen and oxygen atoms in total. The highest BCUT2D eigenvalue weighted by Gasteiger charge is 2.24. The van der Waals surface area contributed by atoms with Crippen LogP contribution in [0, 0.1) is 13.8 Å². The van der Waals surface area contributed by atoms with Crippen LogP contribution in [0.1, 0.15) is 11.3 Å². The van der Waals surface area contributed by atoms with E-state index in [0.717, 1.165) is 40.7 Å². The molecule has 2 amide bonds. The molecule has 1 saturated heterocycles. The smallest absolute Gasteiger partial charge is 0.324 e. The number of aryl methyl sites for hydroxylation is 1. The molecule has 1 aliphatic rings. The summed E-state index contributed by atoms with van der Waals surface area (Å²) in [6.07, 6.45) is 0. The Bertz CT molecular complexity index is 994. The molecule has 1 fully saturated rings. The Morgan fingerprint density at radius 3 is 2.64 bits per heavy atom. The molecule has 146 valence electrons. The number of carbonyl (C=O) groups excluding carboxylic acids is 1. The Morgan fingerprint density at radius 2 is 1.96 bits per heavy atom. The van der Waals surface area contributed by atoms with E-state index in [2.05, 4.69) is 15.4 Å². The molecule has 1 aromatic carbocycles. The largest absolute Gasteiger partial charge is 0.345 e. The molecular weight excluding hydrogens is 398 g/mol. The number of hydrogen-bond acceptors (Lipinski definition) is 6. The number of benzene rings is 1. The van der Waals surface area contributed by atoms with Crippen LogP contribution in [0.4, 0.5) is 15.8 Å². The van der Waals surface area contributed by atoms with Crippen LogP contribution in [0.25, 0.3) is 11.3 Å². The summed E-state index contributed by atoms with van der Waals surface area (Å²) >= 11 is 7.87. The van der Waals surface area contributed by atoms with Crippen LogP contribution >= 0.6 is 22.9 Å². The predicted octanol–water partition coefficient (Wildman–Crippen LogP) is 4.42. The lowest BCUT2D eigenvalue weighted by atomic mass is 10.2. The fourth-order valence-electron chi connectivity index (χ4n) is 3.01. The Balaban J connectivity index is 1.37. The third kappa shape index (κ3) is 3.70. The number of amides is 2. The summed E-state index contributed by atoms with van der Waals surface area (Å²) in [5.74, 6) is 0.411. The highest BCUT2D eigenvalue weighted by atomic mass is 35.5. The van der Waals surface area contributed by atoms with Gasteiger partial charge in [0.05, 0.1) is 11.4 Å². The van der Waals surface area contributed by atoms with E-state index in [4.69, 9.17) is 21.1 Å². The molecule has 28 heavy (non-hydrogen) atoms. The summed E-state index contributed by atoms with van der Waals surface area (Å²) in [5.41, 5.74) is 3.43. The molecule has 0 radical (unpaired) electrons. The number of piperazine rings is 1. The van der Waals surface area contributed by atoms with Crippen molar-refractivity contribution in [2.45, 2.75) is 13.8 Å². The van der Waals surface area contributed by atoms with E-state index in [-0.39, 0.29) is 6.03 Å². The molecule has 9 heteroatoms. The molecule has 1 aliphatic heterocycles. The van der Waals surface area contributed by atoms with Gasteiger partial charge in [-0.1, -0.05) is 35.0 Å². The maximum absolute atomic E-state index is 12.5. The number of hydrogen-bond donors (Lipinski definition) is 1. The molecule has 0 aliphatic carbocycles. The second-order valence-electron chi connectivity index (χ2n) is 6.62. The standard InChI is InChI=1S/C19H20ClN5O2S/c1-12-13(2)23-27-17(12)22-18(26)24-7-9-25(10-8-24)19-21-16(11-28-19)14-5-3-4-6-15(14)20/h3-6,11H,7-10H2,1-2H3,(H,22,26). The molecule has 0 saturated carbocycles. The van der Waals surface area contributed by atoms with Crippen molar-refractivity contribution in [2.75, 3.05) is 36.4 Å². The van der Waals surface area contributed by atoms with Crippen LogP contribution in [-0.2, 0) is 0 Å². The zero-order chi connectivity index (χ0) is 19.7. The van der Waals surface area contributed by atoms with Crippen LogP contribution in [-0.4, -0.2) is 47.3 Å². The fourth-order valence-corrected chi connectivity index (χ4v) is 4.12. The number of urea groups is 1. The first-order chi connectivity index (χ1) is 13.5. The lowest BCUT2D eigenvalue weighted by Gasteiger charge is -2.34. The minimum Gasteiger partial charge on any atom is -0.345 e. The van der Waals surface area contributed by atoms with Crippen LogP contribution in [0.5, 0.6) is 0 Å². The van der Waals surface area contributed by atoms with Gasteiger partial charge in [-0.15, -0.1) is 11.3 Å². The van der Waals surface area contributed by atoms with Gasteiger partial charge in [0.25, 0.3) is 0 Å². The van der Waals surface area contributed by atoms with E-state index in [1.807, 2.05) is 43.5 Å². The van der Waals surface area contributed by atoms with Gasteiger partial charge in [0.15, 0.2) is 5.13 Å². The zero-order valence-electron chi connectivity index (χ0n) is 15.6. The fraction of sp³-hybridized carbons (Fsp3) is 0.316. The number of thiazole rings is 1. The second kappa shape index (κ2) is 7.81. The van der Waals surface area contributed by atoms with Crippen molar-refractivity contribution in [3.05, 3.63) is 45.9 Å². The van der Waals surface area contributed by atoms with E-state index in [9.17, 15) is 4.79 Å². The molecular formula is C19H20ClN5O2S. The van der Waals surface area contributed by atoms with Crippen molar-refractivity contribution < 1.29 is 9.32 Å². The Kier molecular flexibility index (Phi) is 5.23. The summed E-state index contributed by atoms with van der Waals surface area (Å²) in [5, 5.41) is 10.3. The molecule has 3 aromatic rings. The first kappa shape index (κ1) is 18.8. The Morgan fingerprint density at radius 1 is 1.21 bits per heavy atom. The Labute approximate surface area is 171 Å². The molecule has 0 unspecified atom stereocenters. The van der Waals surface area contributed by atoms with Crippen molar-refractivity contribution in [1.82, 2.24) is 15.0 Å². The second-order valence-corrected chi connectivity index (χ2v) is 7.87. The Hall–Kier alpha value is -2.58. The average molecular weight is 418 g/mol. The summed E-state index contributed by atoms with van der Waals surface area (Å²) in [4.78, 5) is 21.2. The van der Waals surface area contributed by atoms with Crippen molar-refractivity contribution in [2.24, 2.45) is 0 Å². The molecule has 3 heterocycles. The van der Waals surface area contributed by atoms with Crippen LogP contribution < -0.4 is 10.2 Å². The number of nitrogens with zero attached hydrogens (tertiary/aromatic N) is 4. The van der Waals surface area contributed by atoms with Gasteiger partial charge in [0.1, 0.15) is 0 Å².